The second-order valence-corrected chi connectivity index (χ2v) is 8.43. The van der Waals surface area contributed by atoms with Crippen LogP contribution in [0, 0.1) is 0 Å². The van der Waals surface area contributed by atoms with Crippen LogP contribution >= 0.6 is 11.8 Å². The number of rotatable bonds is 20. The number of thioether (sulfide) groups is 1. The van der Waals surface area contributed by atoms with Gasteiger partial charge in [0.15, 0.2) is 0 Å². The van der Waals surface area contributed by atoms with Crippen LogP contribution in [0.3, 0.4) is 0 Å². The molecule has 1 amide bonds. The average Bonchev–Trinajstić information content (AvgIpc) is 2.65. The Hall–Kier alpha value is -0.260. The highest BCUT2D eigenvalue weighted by molar-refractivity contribution is 7.99. The summed E-state index contributed by atoms with van der Waals surface area (Å²) in [7, 11) is 0. The Morgan fingerprint density at radius 1 is 0.731 bits per heavy atom. The molecule has 0 radical (unpaired) electrons. The quantitative estimate of drug-likeness (QED) is 0.300. The summed E-state index contributed by atoms with van der Waals surface area (Å²) in [6.07, 6.45) is 16.2. The third kappa shape index (κ3) is 17.2. The average molecular weight is 388 g/mol. The van der Waals surface area contributed by atoms with Gasteiger partial charge in [-0.05, 0) is 38.1 Å². The molecule has 0 aromatic carbocycles. The van der Waals surface area contributed by atoms with Crippen molar-refractivity contribution in [3.8, 4) is 0 Å². The standard InChI is InChI=1S/C21H45N3OS/c1-2-3-4-5-6-7-8-9-10-11-19-26-20-14-21(25)24(17-12-15-22)18-13-16-23/h2-20,22-23H2,1H3. The van der Waals surface area contributed by atoms with Gasteiger partial charge in [0, 0.05) is 25.3 Å². The van der Waals surface area contributed by atoms with Gasteiger partial charge in [0.2, 0.25) is 5.91 Å². The van der Waals surface area contributed by atoms with E-state index in [0.717, 1.165) is 31.7 Å². The van der Waals surface area contributed by atoms with Gasteiger partial charge in [0.05, 0.1) is 0 Å². The van der Waals surface area contributed by atoms with E-state index in [1.807, 2.05) is 16.7 Å². The number of carbonyl (C=O) groups is 1. The van der Waals surface area contributed by atoms with Crippen LogP contribution in [0.5, 0.6) is 0 Å². The zero-order valence-electron chi connectivity index (χ0n) is 17.4. The second-order valence-electron chi connectivity index (χ2n) is 7.21. The molecule has 0 bridgehead atoms. The molecule has 156 valence electrons. The summed E-state index contributed by atoms with van der Waals surface area (Å²) in [5.74, 6) is 2.40. The molecule has 0 aliphatic heterocycles. The Balaban J connectivity index is 3.47. The van der Waals surface area contributed by atoms with Crippen LogP contribution in [0.4, 0.5) is 0 Å². The first-order valence-corrected chi connectivity index (χ1v) is 12.2. The van der Waals surface area contributed by atoms with Crippen molar-refractivity contribution < 1.29 is 4.79 Å². The Labute approximate surface area is 167 Å². The summed E-state index contributed by atoms with van der Waals surface area (Å²) in [4.78, 5) is 14.2. The largest absolute Gasteiger partial charge is 0.343 e. The van der Waals surface area contributed by atoms with Crippen LogP contribution in [-0.2, 0) is 4.79 Å². The molecule has 0 rings (SSSR count). The molecule has 0 heterocycles. The van der Waals surface area contributed by atoms with Gasteiger partial charge in [-0.3, -0.25) is 4.79 Å². The maximum Gasteiger partial charge on any atom is 0.223 e. The van der Waals surface area contributed by atoms with E-state index >= 15 is 0 Å². The lowest BCUT2D eigenvalue weighted by atomic mass is 10.1. The summed E-state index contributed by atoms with van der Waals surface area (Å²) >= 11 is 1.93. The smallest absolute Gasteiger partial charge is 0.223 e. The van der Waals surface area contributed by atoms with E-state index in [-0.39, 0.29) is 5.91 Å². The van der Waals surface area contributed by atoms with Crippen LogP contribution in [0.1, 0.15) is 90.4 Å². The van der Waals surface area contributed by atoms with Gasteiger partial charge in [0.25, 0.3) is 0 Å². The van der Waals surface area contributed by atoms with Crippen molar-refractivity contribution in [2.75, 3.05) is 37.7 Å². The van der Waals surface area contributed by atoms with Gasteiger partial charge in [-0.15, -0.1) is 0 Å². The van der Waals surface area contributed by atoms with E-state index in [9.17, 15) is 4.79 Å². The van der Waals surface area contributed by atoms with Crippen LogP contribution < -0.4 is 11.5 Å². The number of nitrogens with two attached hydrogens (primary N) is 2. The fourth-order valence-electron chi connectivity index (χ4n) is 3.04. The molecule has 0 spiro atoms. The molecule has 26 heavy (non-hydrogen) atoms. The van der Waals surface area contributed by atoms with Gasteiger partial charge in [-0.25, -0.2) is 0 Å². The molecule has 0 unspecified atom stereocenters. The summed E-state index contributed by atoms with van der Waals surface area (Å²) in [6, 6.07) is 0. The van der Waals surface area contributed by atoms with E-state index < -0.39 is 0 Å². The fraction of sp³-hybridized carbons (Fsp3) is 0.952. The summed E-state index contributed by atoms with van der Waals surface area (Å²) < 4.78 is 0. The number of nitrogens with zero attached hydrogens (tertiary/aromatic N) is 1. The lowest BCUT2D eigenvalue weighted by Gasteiger charge is -2.22. The molecule has 0 fully saturated rings. The summed E-state index contributed by atoms with van der Waals surface area (Å²) in [6.45, 7) is 5.10. The normalized spacial score (nSPS) is 11.0. The van der Waals surface area contributed by atoms with Crippen molar-refractivity contribution in [2.45, 2.75) is 90.4 Å². The van der Waals surface area contributed by atoms with Crippen molar-refractivity contribution in [3.63, 3.8) is 0 Å². The van der Waals surface area contributed by atoms with E-state index in [2.05, 4.69) is 6.92 Å². The molecular formula is C21H45N3OS. The maximum absolute atomic E-state index is 12.3. The van der Waals surface area contributed by atoms with Crippen molar-refractivity contribution in [1.82, 2.24) is 4.90 Å². The van der Waals surface area contributed by atoms with Crippen LogP contribution in [0.15, 0.2) is 0 Å². The Morgan fingerprint density at radius 2 is 1.23 bits per heavy atom. The zero-order chi connectivity index (χ0) is 19.3. The number of carbonyl (C=O) groups excluding carboxylic acids is 1. The van der Waals surface area contributed by atoms with Crippen molar-refractivity contribution in [3.05, 3.63) is 0 Å². The molecule has 0 aromatic heterocycles. The van der Waals surface area contributed by atoms with Gasteiger partial charge < -0.3 is 16.4 Å². The summed E-state index contributed by atoms with van der Waals surface area (Å²) in [5, 5.41) is 0. The Morgan fingerprint density at radius 3 is 1.73 bits per heavy atom. The predicted octanol–water partition coefficient (Wildman–Crippen LogP) is 4.56. The van der Waals surface area contributed by atoms with Gasteiger partial charge in [0.1, 0.15) is 0 Å². The second kappa shape index (κ2) is 21.0. The molecule has 0 aliphatic rings. The van der Waals surface area contributed by atoms with Crippen LogP contribution in [0.2, 0.25) is 0 Å². The molecule has 4 N–H and O–H groups in total. The van der Waals surface area contributed by atoms with Crippen molar-refractivity contribution in [2.24, 2.45) is 11.5 Å². The lowest BCUT2D eigenvalue weighted by molar-refractivity contribution is -0.130. The molecule has 0 saturated heterocycles. The van der Waals surface area contributed by atoms with E-state index in [1.54, 1.807) is 0 Å². The zero-order valence-corrected chi connectivity index (χ0v) is 18.2. The third-order valence-electron chi connectivity index (χ3n) is 4.72. The number of hydrogen-bond donors (Lipinski definition) is 2. The monoisotopic (exact) mass is 387 g/mol. The third-order valence-corrected chi connectivity index (χ3v) is 5.79. The number of hydrogen-bond acceptors (Lipinski definition) is 4. The Kier molecular flexibility index (Phi) is 20.8. The van der Waals surface area contributed by atoms with Crippen LogP contribution in [-0.4, -0.2) is 48.5 Å². The SMILES string of the molecule is CCCCCCCCCCCCSCCC(=O)N(CCCN)CCCN. The van der Waals surface area contributed by atoms with E-state index in [4.69, 9.17) is 11.5 Å². The number of amides is 1. The van der Waals surface area contributed by atoms with E-state index in [1.165, 1.54) is 70.0 Å². The highest BCUT2D eigenvalue weighted by Crippen LogP contribution is 2.13. The first-order chi connectivity index (χ1) is 12.8. The molecular weight excluding hydrogens is 342 g/mol. The van der Waals surface area contributed by atoms with Crippen molar-refractivity contribution >= 4 is 17.7 Å². The minimum atomic E-state index is 0.266. The highest BCUT2D eigenvalue weighted by atomic mass is 32.2. The lowest BCUT2D eigenvalue weighted by Crippen LogP contribution is -2.34. The maximum atomic E-state index is 12.3. The minimum Gasteiger partial charge on any atom is -0.343 e. The van der Waals surface area contributed by atoms with Crippen molar-refractivity contribution in [1.29, 1.82) is 0 Å². The molecule has 4 nitrogen and oxygen atoms in total. The first-order valence-electron chi connectivity index (χ1n) is 11.0. The van der Waals surface area contributed by atoms with Crippen LogP contribution in [0.25, 0.3) is 0 Å². The summed E-state index contributed by atoms with van der Waals surface area (Å²) in [5.41, 5.74) is 11.1. The highest BCUT2D eigenvalue weighted by Gasteiger charge is 2.11. The van der Waals surface area contributed by atoms with Gasteiger partial charge in [-0.2, -0.15) is 11.8 Å². The molecule has 0 aliphatic carbocycles. The topological polar surface area (TPSA) is 72.3 Å². The molecule has 0 atom stereocenters. The fourth-order valence-corrected chi connectivity index (χ4v) is 3.97. The van der Waals surface area contributed by atoms with E-state index in [0.29, 0.717) is 19.5 Å². The Bertz CT molecular complexity index is 295. The molecule has 0 saturated carbocycles. The van der Waals surface area contributed by atoms with Gasteiger partial charge in [-0.1, -0.05) is 64.7 Å². The first kappa shape index (κ1) is 25.7. The predicted molar refractivity (Wildman–Crippen MR) is 118 cm³/mol. The minimum absolute atomic E-state index is 0.266. The van der Waals surface area contributed by atoms with Gasteiger partial charge >= 0.3 is 0 Å². The number of unbranched alkanes of at least 4 members (excludes halogenated alkanes) is 9. The molecule has 0 aromatic rings. The molecule has 5 heteroatoms.